The number of rotatable bonds is 6. The Labute approximate surface area is 173 Å². The van der Waals surface area contributed by atoms with Gasteiger partial charge in [-0.1, -0.05) is 12.1 Å². The van der Waals surface area contributed by atoms with Crippen molar-refractivity contribution < 1.29 is 13.9 Å². The van der Waals surface area contributed by atoms with E-state index in [1.54, 1.807) is 30.5 Å². The summed E-state index contributed by atoms with van der Waals surface area (Å²) in [5.74, 6) is 0.152. The van der Waals surface area contributed by atoms with E-state index in [4.69, 9.17) is 10.5 Å². The molecule has 2 aromatic heterocycles. The van der Waals surface area contributed by atoms with Crippen molar-refractivity contribution in [3.8, 4) is 11.4 Å². The summed E-state index contributed by atoms with van der Waals surface area (Å²) < 4.78 is 22.1. The Morgan fingerprint density at radius 2 is 1.97 bits per heavy atom. The largest absolute Gasteiger partial charge is 0.381 e. The Hall–Kier alpha value is -3.33. The molecule has 3 heterocycles. The third-order valence-electron chi connectivity index (χ3n) is 5.21. The van der Waals surface area contributed by atoms with Gasteiger partial charge in [0, 0.05) is 31.4 Å². The van der Waals surface area contributed by atoms with Crippen LogP contribution in [0.15, 0.2) is 36.7 Å². The Bertz CT molecular complexity index is 1040. The van der Waals surface area contributed by atoms with Gasteiger partial charge < -0.3 is 20.4 Å². The van der Waals surface area contributed by atoms with Crippen LogP contribution in [0.1, 0.15) is 40.6 Å². The highest BCUT2D eigenvalue weighted by molar-refractivity contribution is 5.92. The molecule has 0 bridgehead atoms. The van der Waals surface area contributed by atoms with Gasteiger partial charge in [-0.2, -0.15) is 0 Å². The molecular weight excluding hydrogens is 387 g/mol. The van der Waals surface area contributed by atoms with Crippen LogP contribution >= 0.6 is 0 Å². The number of benzene rings is 1. The average molecular weight is 410 g/mol. The average Bonchev–Trinajstić information content (AvgIpc) is 3.15. The summed E-state index contributed by atoms with van der Waals surface area (Å²) in [6.45, 7) is 3.68. The normalized spacial score (nSPS) is 14.6. The van der Waals surface area contributed by atoms with Gasteiger partial charge >= 0.3 is 0 Å². The van der Waals surface area contributed by atoms with Crippen molar-refractivity contribution in [1.82, 2.24) is 19.5 Å². The van der Waals surface area contributed by atoms with Crippen LogP contribution in [0.25, 0.3) is 11.4 Å². The number of nitrogens with zero attached hydrogens (tertiary/aromatic N) is 4. The predicted octanol–water partition coefficient (Wildman–Crippen LogP) is 2.85. The zero-order valence-electron chi connectivity index (χ0n) is 16.6. The second kappa shape index (κ2) is 8.58. The Balaban J connectivity index is 1.56. The lowest BCUT2D eigenvalue weighted by atomic mass is 10.1. The van der Waals surface area contributed by atoms with Crippen molar-refractivity contribution in [3.63, 3.8) is 0 Å². The molecule has 0 aliphatic carbocycles. The van der Waals surface area contributed by atoms with E-state index in [0.717, 1.165) is 30.4 Å². The van der Waals surface area contributed by atoms with E-state index >= 15 is 0 Å². The fourth-order valence-electron chi connectivity index (χ4n) is 3.63. The SMILES string of the molecule is Cc1ncc(-c2nc(NCc3ccc(C(N)=O)cc3)ncc2F)n1C1CCOCC1. The van der Waals surface area contributed by atoms with Crippen molar-refractivity contribution in [2.24, 2.45) is 5.73 Å². The first-order valence-electron chi connectivity index (χ1n) is 9.80. The first-order chi connectivity index (χ1) is 14.5. The van der Waals surface area contributed by atoms with Crippen molar-refractivity contribution in [2.75, 3.05) is 18.5 Å². The third kappa shape index (κ3) is 4.16. The highest BCUT2D eigenvalue weighted by Crippen LogP contribution is 2.30. The van der Waals surface area contributed by atoms with Gasteiger partial charge in [-0.3, -0.25) is 4.79 Å². The summed E-state index contributed by atoms with van der Waals surface area (Å²) in [5.41, 5.74) is 7.46. The topological polar surface area (TPSA) is 108 Å². The van der Waals surface area contributed by atoms with E-state index < -0.39 is 11.7 Å². The molecule has 3 N–H and O–H groups in total. The number of carbonyl (C=O) groups excluding carboxylic acids is 1. The molecule has 1 amide bonds. The third-order valence-corrected chi connectivity index (χ3v) is 5.21. The molecule has 1 aromatic carbocycles. The summed E-state index contributed by atoms with van der Waals surface area (Å²) in [5, 5.41) is 3.10. The van der Waals surface area contributed by atoms with Crippen LogP contribution in [0.2, 0.25) is 0 Å². The summed E-state index contributed by atoms with van der Waals surface area (Å²) in [4.78, 5) is 24.0. The molecule has 30 heavy (non-hydrogen) atoms. The van der Waals surface area contributed by atoms with Crippen LogP contribution in [0.3, 0.4) is 0 Å². The highest BCUT2D eigenvalue weighted by atomic mass is 19.1. The van der Waals surface area contributed by atoms with Crippen LogP contribution in [0.4, 0.5) is 10.3 Å². The standard InChI is InChI=1S/C21H23FN6O2/c1-13-24-12-18(28(13)16-6-8-30-9-7-16)19-17(22)11-26-21(27-19)25-10-14-2-4-15(5-3-14)20(23)29/h2-5,11-12,16H,6-10H2,1H3,(H2,23,29)(H,25,26,27). The van der Waals surface area contributed by atoms with Gasteiger partial charge in [0.2, 0.25) is 11.9 Å². The molecule has 8 nitrogen and oxygen atoms in total. The maximum Gasteiger partial charge on any atom is 0.248 e. The number of ether oxygens (including phenoxy) is 1. The Kier molecular flexibility index (Phi) is 5.71. The maximum atomic E-state index is 14.6. The molecule has 0 spiro atoms. The summed E-state index contributed by atoms with van der Waals surface area (Å²) in [6.07, 6.45) is 4.52. The number of aromatic nitrogens is 4. The van der Waals surface area contributed by atoms with E-state index in [9.17, 15) is 9.18 Å². The summed E-state index contributed by atoms with van der Waals surface area (Å²) >= 11 is 0. The minimum atomic E-state index is -0.500. The number of amides is 1. The molecule has 0 atom stereocenters. The zero-order chi connectivity index (χ0) is 21.1. The van der Waals surface area contributed by atoms with E-state index in [0.29, 0.717) is 37.0 Å². The molecule has 1 aliphatic heterocycles. The van der Waals surface area contributed by atoms with E-state index in [1.165, 1.54) is 0 Å². The van der Waals surface area contributed by atoms with Crippen LogP contribution in [-0.4, -0.2) is 38.6 Å². The van der Waals surface area contributed by atoms with Gasteiger partial charge in [0.25, 0.3) is 0 Å². The maximum absolute atomic E-state index is 14.6. The van der Waals surface area contributed by atoms with Crippen LogP contribution in [0, 0.1) is 12.7 Å². The fraction of sp³-hybridized carbons (Fsp3) is 0.333. The molecule has 1 aliphatic rings. The van der Waals surface area contributed by atoms with Gasteiger partial charge in [-0.15, -0.1) is 0 Å². The van der Waals surface area contributed by atoms with E-state index in [1.807, 2.05) is 11.5 Å². The smallest absolute Gasteiger partial charge is 0.248 e. The van der Waals surface area contributed by atoms with Crippen LogP contribution < -0.4 is 11.1 Å². The first kappa shape index (κ1) is 20.0. The van der Waals surface area contributed by atoms with Crippen LogP contribution in [-0.2, 0) is 11.3 Å². The number of anilines is 1. The lowest BCUT2D eigenvalue weighted by Gasteiger charge is -2.26. The zero-order valence-corrected chi connectivity index (χ0v) is 16.6. The molecule has 4 rings (SSSR count). The number of nitrogens with two attached hydrogens (primary N) is 1. The van der Waals surface area contributed by atoms with Crippen LogP contribution in [0.5, 0.6) is 0 Å². The van der Waals surface area contributed by atoms with Gasteiger partial charge in [-0.25, -0.2) is 19.3 Å². The molecule has 1 saturated heterocycles. The molecule has 3 aromatic rings. The monoisotopic (exact) mass is 410 g/mol. The van der Waals surface area contributed by atoms with E-state index in [-0.39, 0.29) is 11.7 Å². The lowest BCUT2D eigenvalue weighted by molar-refractivity contribution is 0.0694. The number of hydrogen-bond donors (Lipinski definition) is 2. The minimum Gasteiger partial charge on any atom is -0.381 e. The molecule has 9 heteroatoms. The van der Waals surface area contributed by atoms with Crippen molar-refractivity contribution in [1.29, 1.82) is 0 Å². The molecule has 0 radical (unpaired) electrons. The first-order valence-corrected chi connectivity index (χ1v) is 9.80. The summed E-state index contributed by atoms with van der Waals surface area (Å²) in [7, 11) is 0. The molecule has 1 fully saturated rings. The number of imidazole rings is 1. The van der Waals surface area contributed by atoms with Gasteiger partial charge in [0.1, 0.15) is 11.5 Å². The number of carbonyl (C=O) groups is 1. The minimum absolute atomic E-state index is 0.200. The van der Waals surface area contributed by atoms with Crippen molar-refractivity contribution >= 4 is 11.9 Å². The second-order valence-electron chi connectivity index (χ2n) is 7.21. The summed E-state index contributed by atoms with van der Waals surface area (Å²) in [6, 6.07) is 7.10. The number of aryl methyl sites for hydroxylation is 1. The van der Waals surface area contributed by atoms with Gasteiger partial charge in [-0.05, 0) is 37.5 Å². The number of halogens is 1. The highest BCUT2D eigenvalue weighted by Gasteiger charge is 2.23. The van der Waals surface area contributed by atoms with E-state index in [2.05, 4.69) is 20.3 Å². The number of primary amides is 1. The Morgan fingerprint density at radius 1 is 1.23 bits per heavy atom. The van der Waals surface area contributed by atoms with Gasteiger partial charge in [0.15, 0.2) is 5.82 Å². The Morgan fingerprint density at radius 3 is 2.67 bits per heavy atom. The van der Waals surface area contributed by atoms with Gasteiger partial charge in [0.05, 0.1) is 18.1 Å². The lowest BCUT2D eigenvalue weighted by Crippen LogP contribution is -2.21. The second-order valence-corrected chi connectivity index (χ2v) is 7.21. The van der Waals surface area contributed by atoms with Crippen molar-refractivity contribution in [3.05, 3.63) is 59.4 Å². The number of nitrogens with one attached hydrogen (secondary N) is 1. The molecule has 0 saturated carbocycles. The predicted molar refractivity (Wildman–Crippen MR) is 109 cm³/mol. The number of hydrogen-bond acceptors (Lipinski definition) is 6. The van der Waals surface area contributed by atoms with Crippen molar-refractivity contribution in [2.45, 2.75) is 32.4 Å². The fourth-order valence-corrected chi connectivity index (χ4v) is 3.63. The molecule has 0 unspecified atom stereocenters. The molecular formula is C21H23FN6O2. The quantitative estimate of drug-likeness (QED) is 0.647. The molecule has 156 valence electrons.